The number of nitrogens with one attached hydrogen (secondary N) is 1. The third-order valence-corrected chi connectivity index (χ3v) is 2.72. The molecule has 0 aliphatic rings. The SMILES string of the molecule is CNCc1cnn(-c2ccc(C#N)cc2)c1C. The van der Waals surface area contributed by atoms with Crippen molar-refractivity contribution in [2.75, 3.05) is 7.05 Å². The number of hydrogen-bond donors (Lipinski definition) is 1. The topological polar surface area (TPSA) is 53.6 Å². The smallest absolute Gasteiger partial charge is 0.0991 e. The Hall–Kier alpha value is -2.12. The highest BCUT2D eigenvalue weighted by molar-refractivity contribution is 5.40. The van der Waals surface area contributed by atoms with Crippen LogP contribution in [0.3, 0.4) is 0 Å². The summed E-state index contributed by atoms with van der Waals surface area (Å²) in [5.41, 5.74) is 3.93. The first-order valence-corrected chi connectivity index (χ1v) is 5.45. The van der Waals surface area contributed by atoms with Crippen LogP contribution in [0.1, 0.15) is 16.8 Å². The van der Waals surface area contributed by atoms with Gasteiger partial charge in [-0.1, -0.05) is 0 Å². The molecule has 17 heavy (non-hydrogen) atoms. The van der Waals surface area contributed by atoms with Gasteiger partial charge in [0.15, 0.2) is 0 Å². The molecular formula is C13H14N4. The Morgan fingerprint density at radius 2 is 2.06 bits per heavy atom. The number of rotatable bonds is 3. The predicted molar refractivity (Wildman–Crippen MR) is 65.8 cm³/mol. The van der Waals surface area contributed by atoms with Crippen LogP contribution in [-0.4, -0.2) is 16.8 Å². The minimum Gasteiger partial charge on any atom is -0.316 e. The van der Waals surface area contributed by atoms with Gasteiger partial charge in [0.25, 0.3) is 0 Å². The van der Waals surface area contributed by atoms with Gasteiger partial charge in [-0.05, 0) is 38.2 Å². The van der Waals surface area contributed by atoms with Gasteiger partial charge in [-0.25, -0.2) is 4.68 Å². The summed E-state index contributed by atoms with van der Waals surface area (Å²) in [5, 5.41) is 16.2. The van der Waals surface area contributed by atoms with Crippen molar-refractivity contribution in [1.82, 2.24) is 15.1 Å². The number of aromatic nitrogens is 2. The minimum absolute atomic E-state index is 0.661. The van der Waals surface area contributed by atoms with Crippen molar-refractivity contribution < 1.29 is 0 Å². The number of nitrogens with zero attached hydrogens (tertiary/aromatic N) is 3. The van der Waals surface area contributed by atoms with E-state index >= 15 is 0 Å². The highest BCUT2D eigenvalue weighted by Crippen LogP contribution is 2.14. The summed E-state index contributed by atoms with van der Waals surface area (Å²) in [6.45, 7) is 2.85. The Labute approximate surface area is 100 Å². The molecule has 86 valence electrons. The average molecular weight is 226 g/mol. The summed E-state index contributed by atoms with van der Waals surface area (Å²) in [6.07, 6.45) is 1.87. The number of hydrogen-bond acceptors (Lipinski definition) is 3. The van der Waals surface area contributed by atoms with Crippen LogP contribution < -0.4 is 5.32 Å². The molecule has 4 heteroatoms. The van der Waals surface area contributed by atoms with Crippen molar-refractivity contribution in [3.05, 3.63) is 47.3 Å². The Bertz CT molecular complexity index is 546. The molecule has 0 spiro atoms. The molecule has 0 fully saturated rings. The van der Waals surface area contributed by atoms with Gasteiger partial charge in [-0.15, -0.1) is 0 Å². The van der Waals surface area contributed by atoms with Crippen molar-refractivity contribution in [3.63, 3.8) is 0 Å². The molecule has 4 nitrogen and oxygen atoms in total. The standard InChI is InChI=1S/C13H14N4/c1-10-12(8-15-2)9-16-17(10)13-5-3-11(7-14)4-6-13/h3-6,9,15H,8H2,1-2H3. The summed E-state index contributed by atoms with van der Waals surface area (Å²) >= 11 is 0. The summed E-state index contributed by atoms with van der Waals surface area (Å²) in [4.78, 5) is 0. The second-order valence-corrected chi connectivity index (χ2v) is 3.86. The van der Waals surface area contributed by atoms with Crippen molar-refractivity contribution >= 4 is 0 Å². The summed E-state index contributed by atoms with van der Waals surface area (Å²) in [5.74, 6) is 0. The largest absolute Gasteiger partial charge is 0.316 e. The zero-order chi connectivity index (χ0) is 12.3. The highest BCUT2D eigenvalue weighted by atomic mass is 15.3. The number of nitriles is 1. The maximum absolute atomic E-state index is 8.75. The van der Waals surface area contributed by atoms with Gasteiger partial charge < -0.3 is 5.32 Å². The van der Waals surface area contributed by atoms with Crippen LogP contribution in [-0.2, 0) is 6.54 Å². The van der Waals surface area contributed by atoms with E-state index < -0.39 is 0 Å². The molecule has 0 atom stereocenters. The van der Waals surface area contributed by atoms with E-state index in [1.54, 1.807) is 12.1 Å². The van der Waals surface area contributed by atoms with Gasteiger partial charge in [-0.3, -0.25) is 0 Å². The normalized spacial score (nSPS) is 10.2. The van der Waals surface area contributed by atoms with Crippen LogP contribution >= 0.6 is 0 Å². The summed E-state index contributed by atoms with van der Waals surface area (Å²) in [7, 11) is 1.92. The average Bonchev–Trinajstić information content (AvgIpc) is 2.72. The Balaban J connectivity index is 2.36. The lowest BCUT2D eigenvalue weighted by Crippen LogP contribution is -2.06. The van der Waals surface area contributed by atoms with Crippen molar-refractivity contribution in [3.8, 4) is 11.8 Å². The molecule has 0 unspecified atom stereocenters. The van der Waals surface area contributed by atoms with E-state index in [4.69, 9.17) is 5.26 Å². The van der Waals surface area contributed by atoms with Crippen LogP contribution in [0.15, 0.2) is 30.5 Å². The second kappa shape index (κ2) is 4.81. The van der Waals surface area contributed by atoms with E-state index in [1.165, 1.54) is 5.56 Å². The quantitative estimate of drug-likeness (QED) is 0.867. The molecule has 0 radical (unpaired) electrons. The van der Waals surface area contributed by atoms with Gasteiger partial charge in [0, 0.05) is 17.8 Å². The minimum atomic E-state index is 0.661. The molecular weight excluding hydrogens is 212 g/mol. The third kappa shape index (κ3) is 2.19. The molecule has 0 bridgehead atoms. The molecule has 1 aromatic heterocycles. The van der Waals surface area contributed by atoms with E-state index in [2.05, 4.69) is 16.5 Å². The maximum Gasteiger partial charge on any atom is 0.0991 e. The van der Waals surface area contributed by atoms with Gasteiger partial charge in [-0.2, -0.15) is 10.4 Å². The van der Waals surface area contributed by atoms with E-state index in [-0.39, 0.29) is 0 Å². The van der Waals surface area contributed by atoms with Crippen LogP contribution in [0.25, 0.3) is 5.69 Å². The van der Waals surface area contributed by atoms with E-state index in [0.717, 1.165) is 17.9 Å². The first kappa shape index (κ1) is 11.4. The van der Waals surface area contributed by atoms with E-state index in [9.17, 15) is 0 Å². The fourth-order valence-electron chi connectivity index (χ4n) is 1.74. The predicted octanol–water partition coefficient (Wildman–Crippen LogP) is 1.77. The van der Waals surface area contributed by atoms with Gasteiger partial charge in [0.2, 0.25) is 0 Å². The molecule has 2 aromatic rings. The molecule has 0 aliphatic carbocycles. The first-order valence-electron chi connectivity index (χ1n) is 5.45. The highest BCUT2D eigenvalue weighted by Gasteiger charge is 2.06. The summed E-state index contributed by atoms with van der Waals surface area (Å²) < 4.78 is 1.88. The monoisotopic (exact) mass is 226 g/mol. The molecule has 1 aromatic carbocycles. The van der Waals surface area contributed by atoms with Crippen molar-refractivity contribution in [1.29, 1.82) is 5.26 Å². The van der Waals surface area contributed by atoms with Gasteiger partial charge in [0.1, 0.15) is 0 Å². The number of benzene rings is 1. The maximum atomic E-state index is 8.75. The van der Waals surface area contributed by atoms with E-state index in [0.29, 0.717) is 5.56 Å². The Morgan fingerprint density at radius 3 is 2.65 bits per heavy atom. The zero-order valence-corrected chi connectivity index (χ0v) is 9.94. The molecule has 1 N–H and O–H groups in total. The van der Waals surface area contributed by atoms with Gasteiger partial charge >= 0.3 is 0 Å². The molecule has 1 heterocycles. The zero-order valence-electron chi connectivity index (χ0n) is 9.94. The van der Waals surface area contributed by atoms with Gasteiger partial charge in [0.05, 0.1) is 23.5 Å². The molecule has 2 rings (SSSR count). The Morgan fingerprint density at radius 1 is 1.35 bits per heavy atom. The van der Waals surface area contributed by atoms with E-state index in [1.807, 2.05) is 37.0 Å². The summed E-state index contributed by atoms with van der Waals surface area (Å²) in [6, 6.07) is 9.51. The van der Waals surface area contributed by atoms with Crippen LogP contribution in [0, 0.1) is 18.3 Å². The third-order valence-electron chi connectivity index (χ3n) is 2.72. The fourth-order valence-corrected chi connectivity index (χ4v) is 1.74. The lowest BCUT2D eigenvalue weighted by atomic mass is 10.2. The van der Waals surface area contributed by atoms with Crippen molar-refractivity contribution in [2.24, 2.45) is 0 Å². The van der Waals surface area contributed by atoms with Crippen LogP contribution in [0.5, 0.6) is 0 Å². The lowest BCUT2D eigenvalue weighted by molar-refractivity contribution is 0.801. The van der Waals surface area contributed by atoms with Crippen molar-refractivity contribution in [2.45, 2.75) is 13.5 Å². The Kier molecular flexibility index (Phi) is 3.22. The molecule has 0 saturated heterocycles. The second-order valence-electron chi connectivity index (χ2n) is 3.86. The fraction of sp³-hybridized carbons (Fsp3) is 0.231. The first-order chi connectivity index (χ1) is 8.26. The lowest BCUT2D eigenvalue weighted by Gasteiger charge is -2.05. The van der Waals surface area contributed by atoms with Crippen LogP contribution in [0.4, 0.5) is 0 Å². The molecule has 0 amide bonds. The van der Waals surface area contributed by atoms with Crippen LogP contribution in [0.2, 0.25) is 0 Å². The molecule has 0 saturated carbocycles. The molecule has 0 aliphatic heterocycles.